The third-order valence-electron chi connectivity index (χ3n) is 4.37. The summed E-state index contributed by atoms with van der Waals surface area (Å²) in [6.45, 7) is 0.512. The zero-order chi connectivity index (χ0) is 16.8. The van der Waals surface area contributed by atoms with Crippen LogP contribution >= 0.6 is 0 Å². The summed E-state index contributed by atoms with van der Waals surface area (Å²) in [5.74, 6) is -0.376. The topological polar surface area (TPSA) is 83.8 Å². The molecule has 3 amide bonds. The van der Waals surface area contributed by atoms with E-state index in [0.29, 0.717) is 28.7 Å². The fraction of sp³-hybridized carbons (Fsp3) is 0.176. The molecule has 2 aliphatic rings. The second-order valence-electron chi connectivity index (χ2n) is 5.71. The van der Waals surface area contributed by atoms with Crippen LogP contribution in [0.2, 0.25) is 0 Å². The molecule has 0 radical (unpaired) electrons. The van der Waals surface area contributed by atoms with Gasteiger partial charge in [-0.1, -0.05) is 24.3 Å². The van der Waals surface area contributed by atoms with Crippen LogP contribution in [0.3, 0.4) is 0 Å². The van der Waals surface area contributed by atoms with Crippen molar-refractivity contribution in [1.82, 2.24) is 4.90 Å². The van der Waals surface area contributed by atoms with Crippen LogP contribution in [0.15, 0.2) is 48.2 Å². The minimum absolute atomic E-state index is 0.0506. The van der Waals surface area contributed by atoms with Gasteiger partial charge in [0.15, 0.2) is 0 Å². The number of allylic oxidation sites excluding steroid dienone is 1. The Morgan fingerprint density at radius 3 is 2.50 bits per heavy atom. The van der Waals surface area contributed by atoms with Crippen LogP contribution < -0.4 is 4.90 Å². The van der Waals surface area contributed by atoms with Gasteiger partial charge in [0.05, 0.1) is 16.0 Å². The lowest BCUT2D eigenvalue weighted by molar-refractivity contribution is -0.383. The summed E-state index contributed by atoms with van der Waals surface area (Å²) in [6, 6.07) is 9.13. The Kier molecular flexibility index (Phi) is 3.09. The molecule has 0 N–H and O–H groups in total. The molecule has 0 spiro atoms. The molecule has 0 bridgehead atoms. The minimum atomic E-state index is -0.467. The first-order valence-corrected chi connectivity index (χ1v) is 7.62. The number of nitro benzene ring substituents is 1. The number of carbonyl (C=O) groups excluding carboxylic acids is 2. The molecule has 0 saturated carbocycles. The van der Waals surface area contributed by atoms with Crippen LogP contribution in [-0.2, 0) is 4.79 Å². The maximum absolute atomic E-state index is 12.7. The van der Waals surface area contributed by atoms with Crippen molar-refractivity contribution in [2.75, 3.05) is 11.4 Å². The van der Waals surface area contributed by atoms with Crippen LogP contribution in [0.1, 0.15) is 12.8 Å². The van der Waals surface area contributed by atoms with Crippen molar-refractivity contribution >= 4 is 34.1 Å². The number of benzene rings is 2. The lowest BCUT2D eigenvalue weighted by Gasteiger charge is -2.19. The van der Waals surface area contributed by atoms with Gasteiger partial charge < -0.3 is 0 Å². The standard InChI is InChI=1S/C17H13N3O4/c21-16-15-7-3-4-10-18(15)17(22)19(16)13-8-9-14(20(23)24)12-6-2-1-5-11(12)13/h1-2,5-9H,3-4,10H2. The Hall–Kier alpha value is -3.22. The van der Waals surface area contributed by atoms with Crippen molar-refractivity contribution in [2.24, 2.45) is 0 Å². The number of amides is 3. The van der Waals surface area contributed by atoms with Crippen LogP contribution in [0.5, 0.6) is 0 Å². The van der Waals surface area contributed by atoms with Crippen LogP contribution in [-0.4, -0.2) is 28.3 Å². The van der Waals surface area contributed by atoms with E-state index in [-0.39, 0.29) is 11.6 Å². The van der Waals surface area contributed by atoms with Crippen molar-refractivity contribution in [3.8, 4) is 0 Å². The fourth-order valence-corrected chi connectivity index (χ4v) is 3.28. The summed E-state index contributed by atoms with van der Waals surface area (Å²) in [7, 11) is 0. The van der Waals surface area contributed by atoms with Gasteiger partial charge in [0, 0.05) is 18.0 Å². The molecule has 2 aliphatic heterocycles. The van der Waals surface area contributed by atoms with E-state index in [4.69, 9.17) is 0 Å². The van der Waals surface area contributed by atoms with E-state index in [1.807, 2.05) is 0 Å². The molecule has 0 aliphatic carbocycles. The highest BCUT2D eigenvalue weighted by Crippen LogP contribution is 2.37. The maximum atomic E-state index is 12.7. The molecule has 2 aromatic carbocycles. The smallest absolute Gasteiger partial charge is 0.289 e. The molecule has 0 aromatic heterocycles. The number of nitro groups is 1. The second kappa shape index (κ2) is 5.16. The molecule has 120 valence electrons. The summed E-state index contributed by atoms with van der Waals surface area (Å²) in [6.07, 6.45) is 3.36. The summed E-state index contributed by atoms with van der Waals surface area (Å²) >= 11 is 0. The molecule has 7 heteroatoms. The molecule has 0 atom stereocenters. The molecule has 7 nitrogen and oxygen atoms in total. The summed E-state index contributed by atoms with van der Waals surface area (Å²) < 4.78 is 0. The summed E-state index contributed by atoms with van der Waals surface area (Å²) in [5, 5.41) is 12.1. The fourth-order valence-electron chi connectivity index (χ4n) is 3.28. The SMILES string of the molecule is O=C1C2=CCCCN2C(=O)N1c1ccc([N+](=O)[O-])c2ccccc12. The lowest BCUT2D eigenvalue weighted by Crippen LogP contribution is -2.33. The van der Waals surface area contributed by atoms with Gasteiger partial charge in [0.25, 0.3) is 11.6 Å². The Balaban J connectivity index is 1.92. The zero-order valence-electron chi connectivity index (χ0n) is 12.6. The van der Waals surface area contributed by atoms with E-state index in [1.165, 1.54) is 17.0 Å². The number of rotatable bonds is 2. The highest BCUT2D eigenvalue weighted by Gasteiger charge is 2.43. The zero-order valence-corrected chi connectivity index (χ0v) is 12.6. The van der Waals surface area contributed by atoms with Crippen molar-refractivity contribution in [3.05, 3.63) is 58.3 Å². The Morgan fingerprint density at radius 2 is 1.79 bits per heavy atom. The average Bonchev–Trinajstić information content (AvgIpc) is 2.85. The molecule has 1 fully saturated rings. The van der Waals surface area contributed by atoms with Gasteiger partial charge in [0.2, 0.25) is 0 Å². The van der Waals surface area contributed by atoms with Gasteiger partial charge >= 0.3 is 6.03 Å². The van der Waals surface area contributed by atoms with E-state index in [9.17, 15) is 19.7 Å². The van der Waals surface area contributed by atoms with Gasteiger partial charge in [-0.05, 0) is 25.0 Å². The number of carbonyl (C=O) groups is 2. The first-order chi connectivity index (χ1) is 11.6. The minimum Gasteiger partial charge on any atom is -0.289 e. The predicted octanol–water partition coefficient (Wildman–Crippen LogP) is 3.19. The lowest BCUT2D eigenvalue weighted by atomic mass is 10.1. The first kappa shape index (κ1) is 14.4. The second-order valence-corrected chi connectivity index (χ2v) is 5.71. The molecule has 24 heavy (non-hydrogen) atoms. The largest absolute Gasteiger partial charge is 0.336 e. The van der Waals surface area contributed by atoms with Crippen molar-refractivity contribution < 1.29 is 14.5 Å². The van der Waals surface area contributed by atoms with E-state index in [2.05, 4.69) is 0 Å². The van der Waals surface area contributed by atoms with E-state index < -0.39 is 11.0 Å². The van der Waals surface area contributed by atoms with Crippen molar-refractivity contribution in [1.29, 1.82) is 0 Å². The number of nitrogens with zero attached hydrogens (tertiary/aromatic N) is 3. The normalized spacial score (nSPS) is 17.2. The van der Waals surface area contributed by atoms with Crippen LogP contribution in [0.4, 0.5) is 16.2 Å². The predicted molar refractivity (Wildman–Crippen MR) is 87.5 cm³/mol. The Bertz CT molecular complexity index is 935. The van der Waals surface area contributed by atoms with E-state index >= 15 is 0 Å². The van der Waals surface area contributed by atoms with Gasteiger partial charge in [-0.25, -0.2) is 9.69 Å². The highest BCUT2D eigenvalue weighted by atomic mass is 16.6. The molecule has 4 rings (SSSR count). The summed E-state index contributed by atoms with van der Waals surface area (Å²) in [4.78, 5) is 38.7. The molecular weight excluding hydrogens is 310 g/mol. The Morgan fingerprint density at radius 1 is 1.04 bits per heavy atom. The van der Waals surface area contributed by atoms with Crippen LogP contribution in [0.25, 0.3) is 10.8 Å². The molecule has 0 unspecified atom stereocenters. The third-order valence-corrected chi connectivity index (χ3v) is 4.37. The monoisotopic (exact) mass is 323 g/mol. The number of imide groups is 1. The number of hydrogen-bond donors (Lipinski definition) is 0. The number of hydrogen-bond acceptors (Lipinski definition) is 4. The molecule has 2 heterocycles. The van der Waals surface area contributed by atoms with Crippen molar-refractivity contribution in [2.45, 2.75) is 12.8 Å². The first-order valence-electron chi connectivity index (χ1n) is 7.62. The van der Waals surface area contributed by atoms with Gasteiger partial charge in [-0.15, -0.1) is 0 Å². The molecule has 2 aromatic rings. The van der Waals surface area contributed by atoms with E-state index in [0.717, 1.165) is 17.7 Å². The van der Waals surface area contributed by atoms with E-state index in [1.54, 1.807) is 30.3 Å². The maximum Gasteiger partial charge on any atom is 0.336 e. The van der Waals surface area contributed by atoms with Crippen molar-refractivity contribution in [3.63, 3.8) is 0 Å². The third kappa shape index (κ3) is 1.91. The summed E-state index contributed by atoms with van der Waals surface area (Å²) in [5.41, 5.74) is 0.723. The number of fused-ring (bicyclic) bond motifs is 2. The number of anilines is 1. The average molecular weight is 323 g/mol. The Labute approximate surface area is 136 Å². The van der Waals surface area contributed by atoms with Gasteiger partial charge in [-0.2, -0.15) is 0 Å². The molecular formula is C17H13N3O4. The molecule has 1 saturated heterocycles. The van der Waals surface area contributed by atoms with Crippen LogP contribution in [0, 0.1) is 10.1 Å². The van der Waals surface area contributed by atoms with Gasteiger partial charge in [-0.3, -0.25) is 19.8 Å². The highest BCUT2D eigenvalue weighted by molar-refractivity contribution is 6.29. The number of non-ortho nitro benzene ring substituents is 1. The number of urea groups is 1. The quantitative estimate of drug-likeness (QED) is 0.482. The van der Waals surface area contributed by atoms with Gasteiger partial charge in [0.1, 0.15) is 5.70 Å².